The van der Waals surface area contributed by atoms with E-state index < -0.39 is 0 Å². The highest BCUT2D eigenvalue weighted by Crippen LogP contribution is 2.65. The Balaban J connectivity index is 1.96. The van der Waals surface area contributed by atoms with E-state index in [9.17, 15) is 0 Å². The van der Waals surface area contributed by atoms with E-state index in [4.69, 9.17) is 5.73 Å². The normalized spacial score (nSPS) is 50.1. The Hall–Kier alpha value is -0.0400. The van der Waals surface area contributed by atoms with Gasteiger partial charge in [-0.1, -0.05) is 19.3 Å². The fourth-order valence-corrected chi connectivity index (χ4v) is 5.00. The average Bonchev–Trinajstić information content (AvgIpc) is 2.72. The van der Waals surface area contributed by atoms with Crippen molar-refractivity contribution in [1.29, 1.82) is 0 Å². The van der Waals surface area contributed by atoms with Gasteiger partial charge in [0.2, 0.25) is 0 Å². The zero-order valence-electron chi connectivity index (χ0n) is 9.39. The summed E-state index contributed by atoms with van der Waals surface area (Å²) in [7, 11) is 0. The summed E-state index contributed by atoms with van der Waals surface area (Å²) >= 11 is 0. The molecule has 3 aliphatic rings. The summed E-state index contributed by atoms with van der Waals surface area (Å²) in [6.07, 6.45) is 11.5. The molecule has 3 unspecified atom stereocenters. The first-order chi connectivity index (χ1) is 6.67. The molecule has 2 bridgehead atoms. The molecule has 0 radical (unpaired) electrons. The molecule has 0 aromatic carbocycles. The number of nitrogens with two attached hydrogens (primary N) is 1. The largest absolute Gasteiger partial charge is 0.325 e. The van der Waals surface area contributed by atoms with Crippen LogP contribution in [0.1, 0.15) is 58.3 Å². The van der Waals surface area contributed by atoms with Gasteiger partial charge in [0.15, 0.2) is 0 Å². The van der Waals surface area contributed by atoms with Crippen LogP contribution in [0.3, 0.4) is 0 Å². The van der Waals surface area contributed by atoms with Crippen molar-refractivity contribution in [3.8, 4) is 0 Å². The maximum absolute atomic E-state index is 6.67. The van der Waals surface area contributed by atoms with Crippen molar-refractivity contribution in [2.75, 3.05) is 0 Å². The van der Waals surface area contributed by atoms with Gasteiger partial charge in [-0.15, -0.1) is 0 Å². The Morgan fingerprint density at radius 1 is 1.00 bits per heavy atom. The number of hydrogen-bond donors (Lipinski definition) is 1. The van der Waals surface area contributed by atoms with Crippen molar-refractivity contribution in [1.82, 2.24) is 0 Å². The second kappa shape index (κ2) is 2.75. The Bertz CT molecular complexity index is 238. The Morgan fingerprint density at radius 2 is 1.64 bits per heavy atom. The van der Waals surface area contributed by atoms with E-state index in [1.807, 2.05) is 0 Å². The third kappa shape index (κ3) is 0.900. The molecular weight excluding hydrogens is 170 g/mol. The van der Waals surface area contributed by atoms with Crippen LogP contribution in [0.15, 0.2) is 0 Å². The maximum atomic E-state index is 6.67. The van der Waals surface area contributed by atoms with Crippen LogP contribution in [0.2, 0.25) is 0 Å². The molecule has 1 nitrogen and oxygen atoms in total. The molecule has 2 N–H and O–H groups in total. The summed E-state index contributed by atoms with van der Waals surface area (Å²) in [5, 5.41) is 0. The van der Waals surface area contributed by atoms with Gasteiger partial charge >= 0.3 is 0 Å². The first-order valence-corrected chi connectivity index (χ1v) is 6.46. The zero-order valence-corrected chi connectivity index (χ0v) is 9.39. The number of fused-ring (bicyclic) bond motifs is 3. The quantitative estimate of drug-likeness (QED) is 0.628. The number of hydrogen-bond acceptors (Lipinski definition) is 1. The molecule has 0 saturated heterocycles. The van der Waals surface area contributed by atoms with Crippen molar-refractivity contribution in [3.63, 3.8) is 0 Å². The van der Waals surface area contributed by atoms with Crippen molar-refractivity contribution in [3.05, 3.63) is 0 Å². The van der Waals surface area contributed by atoms with Crippen LogP contribution in [0.4, 0.5) is 0 Å². The summed E-state index contributed by atoms with van der Waals surface area (Å²) in [5.41, 5.74) is 7.41. The van der Waals surface area contributed by atoms with Gasteiger partial charge in [0.1, 0.15) is 0 Å². The maximum Gasteiger partial charge on any atom is 0.0214 e. The molecule has 0 aliphatic heterocycles. The third-order valence-corrected chi connectivity index (χ3v) is 5.88. The molecule has 1 heteroatoms. The summed E-state index contributed by atoms with van der Waals surface area (Å²) in [4.78, 5) is 0. The molecule has 3 rings (SSSR count). The first kappa shape index (κ1) is 9.21. The Morgan fingerprint density at radius 3 is 2.21 bits per heavy atom. The third-order valence-electron chi connectivity index (χ3n) is 5.88. The molecule has 3 saturated carbocycles. The molecule has 0 aromatic heterocycles. The second-order valence-electron chi connectivity index (χ2n) is 6.21. The Labute approximate surface area is 87.4 Å². The van der Waals surface area contributed by atoms with Gasteiger partial charge in [-0.3, -0.25) is 0 Å². The van der Waals surface area contributed by atoms with Crippen LogP contribution in [-0.2, 0) is 0 Å². The average molecular weight is 193 g/mol. The van der Waals surface area contributed by atoms with E-state index in [1.165, 1.54) is 51.4 Å². The lowest BCUT2D eigenvalue weighted by molar-refractivity contribution is 0.0203. The van der Waals surface area contributed by atoms with Crippen molar-refractivity contribution in [2.24, 2.45) is 23.0 Å². The minimum atomic E-state index is 0.177. The van der Waals surface area contributed by atoms with Crippen LogP contribution in [0.25, 0.3) is 0 Å². The first-order valence-electron chi connectivity index (χ1n) is 6.46. The van der Waals surface area contributed by atoms with E-state index in [2.05, 4.69) is 6.92 Å². The summed E-state index contributed by atoms with van der Waals surface area (Å²) in [6.45, 7) is 2.36. The van der Waals surface area contributed by atoms with E-state index in [1.54, 1.807) is 0 Å². The van der Waals surface area contributed by atoms with Gasteiger partial charge < -0.3 is 5.73 Å². The topological polar surface area (TPSA) is 26.0 Å². The van der Waals surface area contributed by atoms with E-state index in [0.29, 0.717) is 5.41 Å². The standard InChI is InChI=1S/C13H23N/c1-12(14)10-5-6-11(9-10)13(12)7-3-2-4-8-13/h10-11H,2-9,14H2,1H3. The lowest BCUT2D eigenvalue weighted by Crippen LogP contribution is -2.57. The zero-order chi connectivity index (χ0) is 9.81. The molecule has 80 valence electrons. The van der Waals surface area contributed by atoms with Crippen molar-refractivity contribution >= 4 is 0 Å². The van der Waals surface area contributed by atoms with Gasteiger partial charge in [-0.2, -0.15) is 0 Å². The van der Waals surface area contributed by atoms with Gasteiger partial charge in [0, 0.05) is 5.54 Å². The molecule has 14 heavy (non-hydrogen) atoms. The molecule has 3 aliphatic carbocycles. The lowest BCUT2D eigenvalue weighted by Gasteiger charge is -2.52. The fraction of sp³-hybridized carbons (Fsp3) is 1.00. The summed E-state index contributed by atoms with van der Waals surface area (Å²) < 4.78 is 0. The molecule has 0 amide bonds. The van der Waals surface area contributed by atoms with Crippen molar-refractivity contribution < 1.29 is 0 Å². The number of rotatable bonds is 0. The van der Waals surface area contributed by atoms with Gasteiger partial charge in [-0.05, 0) is 56.3 Å². The molecular formula is C13H23N. The second-order valence-corrected chi connectivity index (χ2v) is 6.21. The molecule has 3 atom stereocenters. The minimum Gasteiger partial charge on any atom is -0.325 e. The van der Waals surface area contributed by atoms with Crippen LogP contribution < -0.4 is 5.73 Å². The van der Waals surface area contributed by atoms with Gasteiger partial charge in [0.05, 0.1) is 0 Å². The monoisotopic (exact) mass is 193 g/mol. The predicted octanol–water partition coefficient (Wildman–Crippen LogP) is 3.08. The highest BCUT2D eigenvalue weighted by molar-refractivity contribution is 5.16. The van der Waals surface area contributed by atoms with Crippen LogP contribution in [0.5, 0.6) is 0 Å². The minimum absolute atomic E-state index is 0.177. The van der Waals surface area contributed by atoms with E-state index in [0.717, 1.165) is 11.8 Å². The fourth-order valence-electron chi connectivity index (χ4n) is 5.00. The van der Waals surface area contributed by atoms with Crippen LogP contribution in [0, 0.1) is 17.3 Å². The smallest absolute Gasteiger partial charge is 0.0214 e. The van der Waals surface area contributed by atoms with E-state index in [-0.39, 0.29) is 5.54 Å². The lowest BCUT2D eigenvalue weighted by atomic mass is 9.56. The summed E-state index contributed by atoms with van der Waals surface area (Å²) in [5.74, 6) is 1.84. The predicted molar refractivity (Wildman–Crippen MR) is 58.9 cm³/mol. The van der Waals surface area contributed by atoms with Gasteiger partial charge in [-0.25, -0.2) is 0 Å². The highest BCUT2D eigenvalue weighted by atomic mass is 14.9. The van der Waals surface area contributed by atoms with E-state index >= 15 is 0 Å². The van der Waals surface area contributed by atoms with Crippen LogP contribution in [-0.4, -0.2) is 5.54 Å². The SMILES string of the molecule is CC1(N)C2CCC(C2)C12CCCCC2. The van der Waals surface area contributed by atoms with Crippen LogP contribution >= 0.6 is 0 Å². The Kier molecular flexibility index (Phi) is 1.81. The highest BCUT2D eigenvalue weighted by Gasteiger charge is 2.62. The summed E-state index contributed by atoms with van der Waals surface area (Å²) in [6, 6.07) is 0. The molecule has 3 fully saturated rings. The molecule has 0 heterocycles. The molecule has 0 aromatic rings. The van der Waals surface area contributed by atoms with Gasteiger partial charge in [0.25, 0.3) is 0 Å². The van der Waals surface area contributed by atoms with Crippen molar-refractivity contribution in [2.45, 2.75) is 63.8 Å². The molecule has 1 spiro atoms.